The van der Waals surface area contributed by atoms with E-state index in [0.29, 0.717) is 48.6 Å². The fraction of sp³-hybridized carbons (Fsp3) is 0.294. The predicted octanol–water partition coefficient (Wildman–Crippen LogP) is 3.74. The number of hydrogen-bond donors (Lipinski definition) is 6. The van der Waals surface area contributed by atoms with Gasteiger partial charge in [-0.2, -0.15) is 0 Å². The number of rotatable bonds is 6. The maximum absolute atomic E-state index is 14.5. The number of carbonyl (C=O) groups is 2. The first-order valence-corrected chi connectivity index (χ1v) is 15.1. The lowest BCUT2D eigenvalue weighted by Gasteiger charge is -2.41. The summed E-state index contributed by atoms with van der Waals surface area (Å²) in [6.45, 7) is 2.64. The van der Waals surface area contributed by atoms with Crippen molar-refractivity contribution in [2.24, 2.45) is 11.7 Å². The Balaban J connectivity index is 0.000000349. The van der Waals surface area contributed by atoms with Crippen molar-refractivity contribution in [2.45, 2.75) is 44.1 Å². The number of carboxylic acids is 1. The van der Waals surface area contributed by atoms with E-state index in [4.69, 9.17) is 15.9 Å². The molecule has 1 aliphatic heterocycles. The molecule has 0 spiro atoms. The van der Waals surface area contributed by atoms with E-state index in [1.54, 1.807) is 30.3 Å². The zero-order chi connectivity index (χ0) is 34.7. The molecule has 2 unspecified atom stereocenters. The Morgan fingerprint density at radius 1 is 0.979 bits per heavy atom. The van der Waals surface area contributed by atoms with Crippen LogP contribution in [0.4, 0.5) is 24.5 Å². The Morgan fingerprint density at radius 2 is 1.67 bits per heavy atom. The number of aromatic nitrogens is 2. The van der Waals surface area contributed by atoms with Crippen LogP contribution in [0.5, 0.6) is 0 Å². The van der Waals surface area contributed by atoms with Gasteiger partial charge in [-0.05, 0) is 42.7 Å². The average molecular weight is 666 g/mol. The fourth-order valence-corrected chi connectivity index (χ4v) is 5.89. The number of nitrogens with zero attached hydrogens (tertiary/aromatic N) is 3. The first-order chi connectivity index (χ1) is 22.9. The number of fused-ring (bicyclic) bond motifs is 1. The summed E-state index contributed by atoms with van der Waals surface area (Å²) < 4.78 is 43.1. The van der Waals surface area contributed by atoms with E-state index in [9.17, 15) is 33.0 Å². The van der Waals surface area contributed by atoms with Gasteiger partial charge in [-0.3, -0.25) is 9.78 Å². The largest absolute Gasteiger partial charge is 0.479 e. The Labute approximate surface area is 273 Å². The lowest BCUT2D eigenvalue weighted by molar-refractivity contribution is -0.146. The summed E-state index contributed by atoms with van der Waals surface area (Å²) >= 11 is 0. The van der Waals surface area contributed by atoms with Gasteiger partial charge >= 0.3 is 5.97 Å². The van der Waals surface area contributed by atoms with Gasteiger partial charge in [0, 0.05) is 30.6 Å². The smallest absolute Gasteiger partial charge is 0.337 e. The van der Waals surface area contributed by atoms with Crippen LogP contribution in [0.15, 0.2) is 66.9 Å². The molecular weight excluding hydrogens is 631 g/mol. The molecule has 1 saturated heterocycles. The van der Waals surface area contributed by atoms with Crippen molar-refractivity contribution in [2.75, 3.05) is 23.3 Å². The van der Waals surface area contributed by atoms with Crippen molar-refractivity contribution in [3.63, 3.8) is 0 Å². The number of carboxylic acid groups (broad SMARTS) is 1. The Bertz CT molecular complexity index is 1780. The van der Waals surface area contributed by atoms with Crippen LogP contribution >= 0.6 is 0 Å². The van der Waals surface area contributed by atoms with Crippen LogP contribution < -0.4 is 16.0 Å². The van der Waals surface area contributed by atoms with Gasteiger partial charge in [0.1, 0.15) is 28.8 Å². The third kappa shape index (κ3) is 7.16. The SMILES string of the molecule is C[C@H]1CN(c2c(NC(=O)c3ccc(F)c(-c4c(F)cccc4F)n3)cnc3c2CCC3O)C[C@@H](N)[C@@H]1O.O=C(O)C(O)c1ccccc1. The zero-order valence-electron chi connectivity index (χ0n) is 25.7. The summed E-state index contributed by atoms with van der Waals surface area (Å²) in [5, 5.41) is 40.8. The van der Waals surface area contributed by atoms with Crippen LogP contribution in [0, 0.1) is 23.4 Å². The molecule has 3 heterocycles. The first kappa shape index (κ1) is 34.4. The summed E-state index contributed by atoms with van der Waals surface area (Å²) in [6, 6.07) is 12.9. The molecule has 4 aromatic rings. The van der Waals surface area contributed by atoms with E-state index < -0.39 is 64.9 Å². The maximum atomic E-state index is 14.5. The molecule has 1 fully saturated rings. The number of aliphatic carboxylic acids is 1. The van der Waals surface area contributed by atoms with Crippen LogP contribution in [0.2, 0.25) is 0 Å². The van der Waals surface area contributed by atoms with E-state index in [2.05, 4.69) is 15.3 Å². The molecule has 7 N–H and O–H groups in total. The minimum Gasteiger partial charge on any atom is -0.479 e. The molecule has 6 rings (SSSR count). The van der Waals surface area contributed by atoms with Gasteiger partial charge in [-0.1, -0.05) is 43.3 Å². The molecule has 5 atom stereocenters. The molecule has 14 heteroatoms. The molecule has 2 aromatic carbocycles. The molecule has 1 amide bonds. The van der Waals surface area contributed by atoms with Crippen molar-refractivity contribution in [3.05, 3.63) is 107 Å². The second-order valence-corrected chi connectivity index (χ2v) is 11.7. The van der Waals surface area contributed by atoms with Gasteiger partial charge in [0.05, 0.1) is 41.0 Å². The van der Waals surface area contributed by atoms with Gasteiger partial charge < -0.3 is 36.4 Å². The molecule has 252 valence electrons. The van der Waals surface area contributed by atoms with E-state index in [0.717, 1.165) is 35.9 Å². The van der Waals surface area contributed by atoms with E-state index >= 15 is 0 Å². The van der Waals surface area contributed by atoms with Crippen molar-refractivity contribution in [1.29, 1.82) is 0 Å². The average Bonchev–Trinajstić information content (AvgIpc) is 3.44. The highest BCUT2D eigenvalue weighted by atomic mass is 19.1. The lowest BCUT2D eigenvalue weighted by Crippen LogP contribution is -2.56. The van der Waals surface area contributed by atoms with Gasteiger partial charge in [-0.25, -0.2) is 22.9 Å². The van der Waals surface area contributed by atoms with Crippen molar-refractivity contribution in [1.82, 2.24) is 9.97 Å². The molecule has 48 heavy (non-hydrogen) atoms. The third-order valence-electron chi connectivity index (χ3n) is 8.32. The van der Waals surface area contributed by atoms with Crippen LogP contribution in [-0.4, -0.2) is 67.5 Å². The summed E-state index contributed by atoms with van der Waals surface area (Å²) in [6.07, 6.45) is -0.412. The number of halogens is 3. The number of aliphatic hydroxyl groups is 3. The van der Waals surface area contributed by atoms with Gasteiger partial charge in [0.25, 0.3) is 5.91 Å². The summed E-state index contributed by atoms with van der Waals surface area (Å²) in [7, 11) is 0. The summed E-state index contributed by atoms with van der Waals surface area (Å²) in [5.41, 5.74) is 7.25. The van der Waals surface area contributed by atoms with Gasteiger partial charge in [0.15, 0.2) is 6.10 Å². The molecule has 0 radical (unpaired) electrons. The molecule has 0 bridgehead atoms. The number of piperidine rings is 1. The minimum absolute atomic E-state index is 0.153. The molecule has 1 aliphatic carbocycles. The van der Waals surface area contributed by atoms with Crippen LogP contribution in [-0.2, 0) is 11.2 Å². The second-order valence-electron chi connectivity index (χ2n) is 11.7. The fourth-order valence-electron chi connectivity index (χ4n) is 5.89. The predicted molar refractivity (Wildman–Crippen MR) is 169 cm³/mol. The molecule has 11 nitrogen and oxygen atoms in total. The number of pyridine rings is 2. The maximum Gasteiger partial charge on any atom is 0.337 e. The monoisotopic (exact) mass is 665 g/mol. The molecule has 0 saturated carbocycles. The number of amides is 1. The number of benzene rings is 2. The number of hydrogen-bond acceptors (Lipinski definition) is 9. The highest BCUT2D eigenvalue weighted by Crippen LogP contribution is 2.41. The van der Waals surface area contributed by atoms with Crippen LogP contribution in [0.1, 0.15) is 52.9 Å². The highest BCUT2D eigenvalue weighted by molar-refractivity contribution is 6.05. The highest BCUT2D eigenvalue weighted by Gasteiger charge is 2.36. The Morgan fingerprint density at radius 3 is 2.31 bits per heavy atom. The van der Waals surface area contributed by atoms with Gasteiger partial charge in [0.2, 0.25) is 0 Å². The minimum atomic E-state index is -1.41. The van der Waals surface area contributed by atoms with Crippen molar-refractivity contribution >= 4 is 23.3 Å². The quantitative estimate of drug-likeness (QED) is 0.178. The van der Waals surface area contributed by atoms with Crippen LogP contribution in [0.25, 0.3) is 11.3 Å². The number of anilines is 2. The summed E-state index contributed by atoms with van der Waals surface area (Å²) in [4.78, 5) is 33.7. The van der Waals surface area contributed by atoms with E-state index in [1.807, 2.05) is 11.8 Å². The number of nitrogens with two attached hydrogens (primary N) is 1. The van der Waals surface area contributed by atoms with E-state index in [1.165, 1.54) is 6.20 Å². The molecule has 2 aliphatic rings. The normalized spacial score (nSPS) is 20.7. The number of nitrogens with one attached hydrogen (secondary N) is 1. The van der Waals surface area contributed by atoms with Crippen molar-refractivity contribution < 1.29 is 43.2 Å². The molecule has 2 aromatic heterocycles. The van der Waals surface area contributed by atoms with Crippen LogP contribution in [0.3, 0.4) is 0 Å². The Kier molecular flexibility index (Phi) is 10.4. The van der Waals surface area contributed by atoms with Crippen molar-refractivity contribution in [3.8, 4) is 11.3 Å². The number of carbonyl (C=O) groups excluding carboxylic acids is 1. The molecular formula is C34H34F3N5O6. The van der Waals surface area contributed by atoms with Gasteiger partial charge in [-0.15, -0.1) is 0 Å². The summed E-state index contributed by atoms with van der Waals surface area (Å²) in [5.74, 6) is -5.12. The first-order valence-electron chi connectivity index (χ1n) is 15.1. The number of aliphatic hydroxyl groups excluding tert-OH is 3. The topological polar surface area (TPSA) is 182 Å². The lowest BCUT2D eigenvalue weighted by atomic mass is 9.92. The standard InChI is InChI=1S/C26H26F3N5O3.C8H8O3/c1-12-10-34(11-17(30)25(12)36)24-13-5-8-20(35)22(13)31-9-19(24)33-26(37)18-7-6-16(29)23(32-18)21-14(27)3-2-4-15(21)28;9-7(8(10)11)6-4-2-1-3-5-6/h2-4,6-7,9,12,17,20,25,35-36H,5,8,10-11,30H2,1H3,(H,33,37);1-5,7,9H,(H,10,11)/t12-,17+,20?,25+;/m0./s1. The van der Waals surface area contributed by atoms with E-state index in [-0.39, 0.29) is 11.6 Å². The second kappa shape index (κ2) is 14.5. The Hall–Kier alpha value is -4.89. The third-order valence-corrected chi connectivity index (χ3v) is 8.32. The zero-order valence-corrected chi connectivity index (χ0v) is 25.7.